The van der Waals surface area contributed by atoms with Gasteiger partial charge in [-0.2, -0.15) is 4.98 Å². The lowest BCUT2D eigenvalue weighted by atomic mass is 10.1. The van der Waals surface area contributed by atoms with E-state index in [-0.39, 0.29) is 30.2 Å². The Bertz CT molecular complexity index is 837. The largest absolute Gasteiger partial charge is 0.338 e. The fourth-order valence-corrected chi connectivity index (χ4v) is 3.11. The molecule has 2 aromatic rings. The molecule has 9 heteroatoms. The molecule has 0 aliphatic carbocycles. The number of carbonyl (C=O) groups excluding carboxylic acids is 2. The normalized spacial score (nSPS) is 16.5. The van der Waals surface area contributed by atoms with E-state index in [0.717, 1.165) is 12.0 Å². The highest BCUT2D eigenvalue weighted by atomic mass is 19.1. The van der Waals surface area contributed by atoms with E-state index >= 15 is 0 Å². The highest BCUT2D eigenvalue weighted by molar-refractivity contribution is 5.79. The predicted octanol–water partition coefficient (Wildman–Crippen LogP) is 2.57. The van der Waals surface area contributed by atoms with E-state index in [4.69, 9.17) is 4.52 Å². The first kappa shape index (κ1) is 20.8. The van der Waals surface area contributed by atoms with Crippen LogP contribution in [0.25, 0.3) is 0 Å². The summed E-state index contributed by atoms with van der Waals surface area (Å²) in [5, 5.41) is 9.41. The number of aromatic nitrogens is 2. The number of hydrogen-bond donors (Lipinski definition) is 2. The molecule has 1 saturated heterocycles. The lowest BCUT2D eigenvalue weighted by Crippen LogP contribution is -2.36. The van der Waals surface area contributed by atoms with E-state index in [1.165, 1.54) is 12.1 Å². The summed E-state index contributed by atoms with van der Waals surface area (Å²) < 4.78 is 18.2. The Morgan fingerprint density at radius 1 is 1.31 bits per heavy atom. The van der Waals surface area contributed by atoms with Crippen LogP contribution >= 0.6 is 0 Å². The van der Waals surface area contributed by atoms with E-state index in [1.54, 1.807) is 17.0 Å². The van der Waals surface area contributed by atoms with E-state index in [0.29, 0.717) is 43.7 Å². The van der Waals surface area contributed by atoms with Crippen LogP contribution in [0.2, 0.25) is 0 Å². The number of likely N-dealkylation sites (tertiary alicyclic amines) is 1. The maximum absolute atomic E-state index is 13.0. The van der Waals surface area contributed by atoms with Crippen LogP contribution in [0.3, 0.4) is 0 Å². The Hall–Kier alpha value is -2.97. The molecule has 1 fully saturated rings. The first-order valence-electron chi connectivity index (χ1n) is 9.77. The van der Waals surface area contributed by atoms with Crippen LogP contribution in [-0.4, -0.2) is 40.1 Å². The van der Waals surface area contributed by atoms with Gasteiger partial charge in [0.25, 0.3) is 0 Å². The zero-order chi connectivity index (χ0) is 20.8. The summed E-state index contributed by atoms with van der Waals surface area (Å²) >= 11 is 0. The molecule has 1 atom stereocenters. The van der Waals surface area contributed by atoms with E-state index < -0.39 is 0 Å². The molecule has 29 heavy (non-hydrogen) atoms. The average molecular weight is 403 g/mol. The number of urea groups is 1. The molecule has 1 aromatic carbocycles. The molecule has 2 N–H and O–H groups in total. The van der Waals surface area contributed by atoms with Crippen LogP contribution < -0.4 is 10.6 Å². The van der Waals surface area contributed by atoms with Gasteiger partial charge in [0.05, 0.1) is 6.54 Å². The highest BCUT2D eigenvalue weighted by Crippen LogP contribution is 2.27. The third-order valence-electron chi connectivity index (χ3n) is 4.76. The second kappa shape index (κ2) is 9.49. The van der Waals surface area contributed by atoms with Gasteiger partial charge in [0.1, 0.15) is 5.82 Å². The molecule has 156 valence electrons. The van der Waals surface area contributed by atoms with Gasteiger partial charge in [-0.15, -0.1) is 0 Å². The van der Waals surface area contributed by atoms with Crippen molar-refractivity contribution in [3.8, 4) is 0 Å². The zero-order valence-corrected chi connectivity index (χ0v) is 16.7. The summed E-state index contributed by atoms with van der Waals surface area (Å²) in [5.74, 6) is 0.792. The zero-order valence-electron chi connectivity index (χ0n) is 16.7. The molecule has 0 bridgehead atoms. The molecule has 1 aromatic heterocycles. The van der Waals surface area contributed by atoms with Gasteiger partial charge in [0.15, 0.2) is 5.82 Å². The minimum absolute atomic E-state index is 0.00618. The summed E-state index contributed by atoms with van der Waals surface area (Å²) in [4.78, 5) is 30.1. The van der Waals surface area contributed by atoms with Crippen molar-refractivity contribution in [1.82, 2.24) is 25.7 Å². The smallest absolute Gasteiger partial charge is 0.315 e. The lowest BCUT2D eigenvalue weighted by Gasteiger charge is -2.16. The number of carbonyl (C=O) groups is 2. The van der Waals surface area contributed by atoms with Crippen molar-refractivity contribution in [3.63, 3.8) is 0 Å². The van der Waals surface area contributed by atoms with Crippen LogP contribution in [0.15, 0.2) is 28.8 Å². The second-order valence-corrected chi connectivity index (χ2v) is 7.64. The van der Waals surface area contributed by atoms with Crippen molar-refractivity contribution in [2.75, 3.05) is 13.1 Å². The topological polar surface area (TPSA) is 100 Å². The van der Waals surface area contributed by atoms with Crippen LogP contribution in [0.5, 0.6) is 0 Å². The molecule has 0 spiro atoms. The summed E-state index contributed by atoms with van der Waals surface area (Å²) in [6, 6.07) is 5.81. The minimum Gasteiger partial charge on any atom is -0.338 e. The molecule has 1 aliphatic rings. The van der Waals surface area contributed by atoms with Crippen molar-refractivity contribution < 1.29 is 18.5 Å². The number of halogens is 1. The molecule has 2 heterocycles. The Labute approximate surface area is 168 Å². The standard InChI is InChI=1S/C20H26FN5O3/c1-13(2)7-8-22-20(28)23-10-17-24-19(25-29-17)15-9-18(27)26(12-15)11-14-3-5-16(21)6-4-14/h3-6,13,15H,7-12H2,1-2H3,(H2,22,23,28). The molecule has 0 saturated carbocycles. The highest BCUT2D eigenvalue weighted by Gasteiger charge is 2.33. The summed E-state index contributed by atoms with van der Waals surface area (Å²) in [6.45, 7) is 5.80. The third kappa shape index (κ3) is 6.00. The third-order valence-corrected chi connectivity index (χ3v) is 4.76. The monoisotopic (exact) mass is 403 g/mol. The number of nitrogens with zero attached hydrogens (tertiary/aromatic N) is 3. The quantitative estimate of drug-likeness (QED) is 0.706. The van der Waals surface area contributed by atoms with Crippen molar-refractivity contribution >= 4 is 11.9 Å². The van der Waals surface area contributed by atoms with Crippen molar-refractivity contribution in [3.05, 3.63) is 47.4 Å². The summed E-state index contributed by atoms with van der Waals surface area (Å²) in [7, 11) is 0. The number of benzene rings is 1. The van der Waals surface area contributed by atoms with Crippen molar-refractivity contribution in [1.29, 1.82) is 0 Å². The number of hydrogen-bond acceptors (Lipinski definition) is 5. The van der Waals surface area contributed by atoms with Crippen molar-refractivity contribution in [2.45, 2.75) is 45.7 Å². The SMILES string of the molecule is CC(C)CCNC(=O)NCc1nc(C2CC(=O)N(Cc3ccc(F)cc3)C2)no1. The van der Waals surface area contributed by atoms with E-state index in [9.17, 15) is 14.0 Å². The van der Waals surface area contributed by atoms with Gasteiger partial charge in [-0.25, -0.2) is 9.18 Å². The summed E-state index contributed by atoms with van der Waals surface area (Å²) in [6.07, 6.45) is 1.20. The summed E-state index contributed by atoms with van der Waals surface area (Å²) in [5.41, 5.74) is 0.863. The van der Waals surface area contributed by atoms with Gasteiger partial charge >= 0.3 is 6.03 Å². The average Bonchev–Trinajstić information content (AvgIpc) is 3.29. The molecular weight excluding hydrogens is 377 g/mol. The van der Waals surface area contributed by atoms with Gasteiger partial charge in [-0.1, -0.05) is 31.1 Å². The Morgan fingerprint density at radius 3 is 2.79 bits per heavy atom. The molecule has 1 aliphatic heterocycles. The Morgan fingerprint density at radius 2 is 2.07 bits per heavy atom. The molecule has 0 radical (unpaired) electrons. The van der Waals surface area contributed by atoms with Gasteiger partial charge in [-0.3, -0.25) is 4.79 Å². The lowest BCUT2D eigenvalue weighted by molar-refractivity contribution is -0.128. The maximum atomic E-state index is 13.0. The number of nitrogens with one attached hydrogen (secondary N) is 2. The second-order valence-electron chi connectivity index (χ2n) is 7.64. The predicted molar refractivity (Wildman–Crippen MR) is 103 cm³/mol. The van der Waals surface area contributed by atoms with Gasteiger partial charge < -0.3 is 20.1 Å². The van der Waals surface area contributed by atoms with Crippen molar-refractivity contribution in [2.24, 2.45) is 5.92 Å². The van der Waals surface area contributed by atoms with Gasteiger partial charge in [0, 0.05) is 32.0 Å². The van der Waals surface area contributed by atoms with E-state index in [2.05, 4.69) is 34.6 Å². The Balaban J connectivity index is 1.48. The molecule has 8 nitrogen and oxygen atoms in total. The van der Waals surface area contributed by atoms with Crippen LogP contribution in [-0.2, 0) is 17.9 Å². The fraction of sp³-hybridized carbons (Fsp3) is 0.500. The number of rotatable bonds is 8. The molecule has 1 unspecified atom stereocenters. The molecule has 3 rings (SSSR count). The van der Waals surface area contributed by atoms with Crippen LogP contribution in [0.1, 0.15) is 49.9 Å². The minimum atomic E-state index is -0.305. The first-order valence-corrected chi connectivity index (χ1v) is 9.77. The molecular formula is C20H26FN5O3. The first-order chi connectivity index (χ1) is 13.9. The number of amides is 3. The van der Waals surface area contributed by atoms with Crippen LogP contribution in [0.4, 0.5) is 9.18 Å². The van der Waals surface area contributed by atoms with Crippen LogP contribution in [0, 0.1) is 11.7 Å². The van der Waals surface area contributed by atoms with Gasteiger partial charge in [-0.05, 0) is 30.0 Å². The Kier molecular flexibility index (Phi) is 6.79. The fourth-order valence-electron chi connectivity index (χ4n) is 3.11. The maximum Gasteiger partial charge on any atom is 0.315 e. The van der Waals surface area contributed by atoms with Gasteiger partial charge in [0.2, 0.25) is 11.8 Å². The molecule has 3 amide bonds. The van der Waals surface area contributed by atoms with E-state index in [1.807, 2.05) is 0 Å².